The van der Waals surface area contributed by atoms with Gasteiger partial charge in [0, 0.05) is 39.6 Å². The van der Waals surface area contributed by atoms with Crippen LogP contribution >= 0.6 is 0 Å². The highest BCUT2D eigenvalue weighted by atomic mass is 16.5. The molecule has 0 aliphatic carbocycles. The van der Waals surface area contributed by atoms with Gasteiger partial charge in [-0.3, -0.25) is 4.79 Å². The van der Waals surface area contributed by atoms with Gasteiger partial charge in [-0.05, 0) is 19.8 Å². The fraction of sp³-hybridized carbons (Fsp3) is 0.667. The number of carbonyl (C=O) groups is 1. The van der Waals surface area contributed by atoms with Crippen LogP contribution in [0.5, 0.6) is 5.88 Å². The summed E-state index contributed by atoms with van der Waals surface area (Å²) in [5, 5.41) is 0. The van der Waals surface area contributed by atoms with E-state index in [9.17, 15) is 4.79 Å². The maximum absolute atomic E-state index is 12.0. The van der Waals surface area contributed by atoms with Gasteiger partial charge in [0.05, 0.1) is 6.54 Å². The van der Waals surface area contributed by atoms with Crippen LogP contribution in [-0.4, -0.2) is 67.3 Å². The van der Waals surface area contributed by atoms with Gasteiger partial charge in [0.15, 0.2) is 5.82 Å². The molecule has 1 saturated heterocycles. The highest BCUT2D eigenvalue weighted by Crippen LogP contribution is 2.24. The van der Waals surface area contributed by atoms with Crippen molar-refractivity contribution in [2.24, 2.45) is 0 Å². The van der Waals surface area contributed by atoms with Crippen molar-refractivity contribution < 1.29 is 14.3 Å². The van der Waals surface area contributed by atoms with E-state index in [-0.39, 0.29) is 18.6 Å². The summed E-state index contributed by atoms with van der Waals surface area (Å²) >= 11 is 0. The van der Waals surface area contributed by atoms with Crippen molar-refractivity contribution in [3.05, 3.63) is 12.4 Å². The molecule has 1 aliphatic rings. The molecule has 0 spiro atoms. The highest BCUT2D eigenvalue weighted by Gasteiger charge is 2.26. The third-order valence-electron chi connectivity index (χ3n) is 3.51. The average Bonchev–Trinajstić information content (AvgIpc) is 2.53. The minimum Gasteiger partial charge on any atom is -0.470 e. The SMILES string of the molecule is CCOCC(=O)N1CCCC(Oc2nccnc2N(C)C)C1. The summed E-state index contributed by atoms with van der Waals surface area (Å²) in [4.78, 5) is 24.2. The van der Waals surface area contributed by atoms with E-state index in [0.717, 1.165) is 19.4 Å². The molecule has 22 heavy (non-hydrogen) atoms. The summed E-state index contributed by atoms with van der Waals surface area (Å²) in [7, 11) is 3.80. The molecule has 1 aromatic heterocycles. The molecule has 122 valence electrons. The number of nitrogens with zero attached hydrogens (tertiary/aromatic N) is 4. The van der Waals surface area contributed by atoms with Crippen LogP contribution in [0.1, 0.15) is 19.8 Å². The van der Waals surface area contributed by atoms with E-state index >= 15 is 0 Å². The number of hydrogen-bond acceptors (Lipinski definition) is 6. The molecule has 1 atom stereocenters. The molecular formula is C15H24N4O3. The number of carbonyl (C=O) groups excluding carboxylic acids is 1. The van der Waals surface area contributed by atoms with Crippen LogP contribution in [0, 0.1) is 0 Å². The zero-order chi connectivity index (χ0) is 15.9. The maximum atomic E-state index is 12.0. The normalized spacial score (nSPS) is 18.1. The molecule has 7 nitrogen and oxygen atoms in total. The Hall–Kier alpha value is -1.89. The van der Waals surface area contributed by atoms with Gasteiger partial charge in [-0.25, -0.2) is 9.97 Å². The Balaban J connectivity index is 1.97. The standard InChI is InChI=1S/C15H24N4O3/c1-4-21-11-13(20)19-9-5-6-12(10-19)22-15-14(18(2)3)16-7-8-17-15/h7-8,12H,4-6,9-11H2,1-3H3. The summed E-state index contributed by atoms with van der Waals surface area (Å²) in [6.45, 7) is 3.89. The molecule has 0 N–H and O–H groups in total. The topological polar surface area (TPSA) is 67.8 Å². The van der Waals surface area contributed by atoms with Crippen molar-refractivity contribution in [2.45, 2.75) is 25.9 Å². The first-order valence-corrected chi connectivity index (χ1v) is 7.62. The minimum absolute atomic E-state index is 0.0159. The Morgan fingerprint density at radius 3 is 2.91 bits per heavy atom. The highest BCUT2D eigenvalue weighted by molar-refractivity contribution is 5.77. The number of ether oxygens (including phenoxy) is 2. The molecule has 2 heterocycles. The number of piperidine rings is 1. The van der Waals surface area contributed by atoms with Gasteiger partial charge in [-0.1, -0.05) is 0 Å². The monoisotopic (exact) mass is 308 g/mol. The van der Waals surface area contributed by atoms with Gasteiger partial charge in [-0.2, -0.15) is 0 Å². The van der Waals surface area contributed by atoms with Gasteiger partial charge in [0.2, 0.25) is 5.91 Å². The Labute approximate surface area is 131 Å². The lowest BCUT2D eigenvalue weighted by molar-refractivity contribution is -0.138. The van der Waals surface area contributed by atoms with Crippen molar-refractivity contribution in [2.75, 3.05) is 45.3 Å². The van der Waals surface area contributed by atoms with E-state index in [0.29, 0.717) is 24.8 Å². The largest absolute Gasteiger partial charge is 0.470 e. The average molecular weight is 308 g/mol. The minimum atomic E-state index is -0.0604. The first-order valence-electron chi connectivity index (χ1n) is 7.62. The van der Waals surface area contributed by atoms with E-state index in [4.69, 9.17) is 9.47 Å². The Kier molecular flexibility index (Phi) is 5.94. The molecule has 1 aliphatic heterocycles. The van der Waals surface area contributed by atoms with Crippen molar-refractivity contribution in [1.82, 2.24) is 14.9 Å². The quantitative estimate of drug-likeness (QED) is 0.779. The third kappa shape index (κ3) is 4.30. The molecule has 2 rings (SSSR count). The van der Waals surface area contributed by atoms with Crippen LogP contribution in [0.15, 0.2) is 12.4 Å². The number of anilines is 1. The van der Waals surface area contributed by atoms with Crippen LogP contribution in [0.4, 0.5) is 5.82 Å². The second kappa shape index (κ2) is 7.93. The third-order valence-corrected chi connectivity index (χ3v) is 3.51. The Morgan fingerprint density at radius 1 is 1.41 bits per heavy atom. The summed E-state index contributed by atoms with van der Waals surface area (Å²) in [6.07, 6.45) is 5.02. The molecular weight excluding hydrogens is 284 g/mol. The maximum Gasteiger partial charge on any atom is 0.257 e. The van der Waals surface area contributed by atoms with Crippen molar-refractivity contribution in [3.8, 4) is 5.88 Å². The number of likely N-dealkylation sites (tertiary alicyclic amines) is 1. The second-order valence-corrected chi connectivity index (χ2v) is 5.44. The van der Waals surface area contributed by atoms with E-state index < -0.39 is 0 Å². The molecule has 1 fully saturated rings. The van der Waals surface area contributed by atoms with E-state index in [1.807, 2.05) is 25.9 Å². The van der Waals surface area contributed by atoms with E-state index in [2.05, 4.69) is 9.97 Å². The fourth-order valence-corrected chi connectivity index (χ4v) is 2.41. The fourth-order valence-electron chi connectivity index (χ4n) is 2.41. The van der Waals surface area contributed by atoms with Gasteiger partial charge in [0.1, 0.15) is 12.7 Å². The molecule has 0 bridgehead atoms. The summed E-state index contributed by atoms with van der Waals surface area (Å²) < 4.78 is 11.2. The van der Waals surface area contributed by atoms with Gasteiger partial charge < -0.3 is 19.3 Å². The molecule has 0 aromatic carbocycles. The first-order chi connectivity index (χ1) is 10.6. The van der Waals surface area contributed by atoms with Gasteiger partial charge >= 0.3 is 0 Å². The lowest BCUT2D eigenvalue weighted by Gasteiger charge is -2.33. The summed E-state index contributed by atoms with van der Waals surface area (Å²) in [5.74, 6) is 1.22. The predicted molar refractivity (Wildman–Crippen MR) is 83.1 cm³/mol. The molecule has 1 amide bonds. The van der Waals surface area contributed by atoms with Crippen LogP contribution in [0.25, 0.3) is 0 Å². The van der Waals surface area contributed by atoms with Crippen LogP contribution in [-0.2, 0) is 9.53 Å². The lowest BCUT2D eigenvalue weighted by atomic mass is 10.1. The zero-order valence-electron chi connectivity index (χ0n) is 13.5. The number of amides is 1. The van der Waals surface area contributed by atoms with E-state index in [1.165, 1.54) is 0 Å². The lowest BCUT2D eigenvalue weighted by Crippen LogP contribution is -2.45. The van der Waals surface area contributed by atoms with Crippen LogP contribution < -0.4 is 9.64 Å². The van der Waals surface area contributed by atoms with Crippen LogP contribution in [0.2, 0.25) is 0 Å². The predicted octanol–water partition coefficient (Wildman–Crippen LogP) is 0.949. The van der Waals surface area contributed by atoms with Gasteiger partial charge in [0.25, 0.3) is 5.88 Å². The second-order valence-electron chi connectivity index (χ2n) is 5.44. The molecule has 1 aromatic rings. The Morgan fingerprint density at radius 2 is 2.18 bits per heavy atom. The van der Waals surface area contributed by atoms with Crippen molar-refractivity contribution >= 4 is 11.7 Å². The molecule has 7 heteroatoms. The Bertz CT molecular complexity index is 495. The molecule has 0 saturated carbocycles. The number of rotatable bonds is 6. The smallest absolute Gasteiger partial charge is 0.257 e. The van der Waals surface area contributed by atoms with Crippen LogP contribution in [0.3, 0.4) is 0 Å². The number of hydrogen-bond donors (Lipinski definition) is 0. The number of aromatic nitrogens is 2. The molecule has 0 radical (unpaired) electrons. The van der Waals surface area contributed by atoms with Crippen molar-refractivity contribution in [3.63, 3.8) is 0 Å². The summed E-state index contributed by atoms with van der Waals surface area (Å²) in [5.41, 5.74) is 0. The molecule has 1 unspecified atom stereocenters. The summed E-state index contributed by atoms with van der Waals surface area (Å²) in [6, 6.07) is 0. The zero-order valence-corrected chi connectivity index (χ0v) is 13.5. The first kappa shape index (κ1) is 16.5. The van der Waals surface area contributed by atoms with Gasteiger partial charge in [-0.15, -0.1) is 0 Å². The van der Waals surface area contributed by atoms with E-state index in [1.54, 1.807) is 17.3 Å². The van der Waals surface area contributed by atoms with Crippen molar-refractivity contribution in [1.29, 1.82) is 0 Å².